The number of rotatable bonds is 11. The number of methoxy groups -OCH3 is 1. The van der Waals surface area contributed by atoms with Gasteiger partial charge in [-0.15, -0.1) is 0 Å². The third-order valence-corrected chi connectivity index (χ3v) is 7.21. The van der Waals surface area contributed by atoms with Crippen molar-refractivity contribution in [2.45, 2.75) is 44.6 Å². The van der Waals surface area contributed by atoms with E-state index in [4.69, 9.17) is 21.7 Å². The lowest BCUT2D eigenvalue weighted by atomic mass is 9.96. The van der Waals surface area contributed by atoms with E-state index in [1.54, 1.807) is 18.9 Å². The van der Waals surface area contributed by atoms with Crippen LogP contribution >= 0.6 is 24.0 Å². The number of nitrogens with zero attached hydrogens (tertiary/aromatic N) is 1. The molecule has 0 radical (unpaired) electrons. The number of ether oxygens (including phenoxy) is 2. The zero-order chi connectivity index (χ0) is 22.9. The maximum atomic E-state index is 13.3. The number of aliphatic hydroxyl groups is 1. The quantitative estimate of drug-likeness (QED) is 0.497. The molecule has 1 fully saturated rings. The van der Waals surface area contributed by atoms with Crippen molar-refractivity contribution in [1.82, 2.24) is 4.90 Å². The van der Waals surface area contributed by atoms with Crippen molar-refractivity contribution >= 4 is 34.2 Å². The van der Waals surface area contributed by atoms with E-state index in [2.05, 4.69) is 12.1 Å². The zero-order valence-corrected chi connectivity index (χ0v) is 20.2. The molecule has 4 atom stereocenters. The van der Waals surface area contributed by atoms with Gasteiger partial charge < -0.3 is 14.6 Å². The van der Waals surface area contributed by atoms with Crippen LogP contribution < -0.4 is 0 Å². The fourth-order valence-corrected chi connectivity index (χ4v) is 5.21. The number of hydrogen-bond acceptors (Lipinski definition) is 6. The molecule has 1 aliphatic rings. The van der Waals surface area contributed by atoms with Gasteiger partial charge in [0.05, 0.1) is 37.4 Å². The van der Waals surface area contributed by atoms with Crippen LogP contribution in [0.1, 0.15) is 24.5 Å². The fraction of sp³-hybridized carbons (Fsp3) is 0.440. The van der Waals surface area contributed by atoms with Gasteiger partial charge in [0.2, 0.25) is 5.91 Å². The number of carbonyl (C=O) groups is 1. The number of aliphatic hydroxyl groups excluding tert-OH is 1. The summed E-state index contributed by atoms with van der Waals surface area (Å²) in [5, 5.41) is 10.9. The van der Waals surface area contributed by atoms with E-state index < -0.39 is 12.0 Å². The number of benzene rings is 2. The number of hydrogen-bond donors (Lipinski definition) is 1. The summed E-state index contributed by atoms with van der Waals surface area (Å²) >= 11 is 7.01. The third kappa shape index (κ3) is 6.86. The van der Waals surface area contributed by atoms with Gasteiger partial charge in [-0.25, -0.2) is 0 Å². The number of carbonyl (C=O) groups excluding carboxylic acids is 1. The number of amides is 1. The first-order chi connectivity index (χ1) is 15.5. The Balaban J connectivity index is 1.60. The Morgan fingerprint density at radius 1 is 1.16 bits per heavy atom. The molecule has 2 aromatic carbocycles. The summed E-state index contributed by atoms with van der Waals surface area (Å²) in [6.45, 7) is 2.54. The van der Waals surface area contributed by atoms with Crippen LogP contribution in [0.25, 0.3) is 0 Å². The zero-order valence-electron chi connectivity index (χ0n) is 18.6. The lowest BCUT2D eigenvalue weighted by Gasteiger charge is -2.30. The second kappa shape index (κ2) is 12.5. The summed E-state index contributed by atoms with van der Waals surface area (Å²) in [4.78, 5) is 15.0. The van der Waals surface area contributed by atoms with Crippen LogP contribution in [0.15, 0.2) is 60.7 Å². The van der Waals surface area contributed by atoms with Crippen LogP contribution in [-0.2, 0) is 27.3 Å². The molecule has 0 saturated carbocycles. The second-order valence-electron chi connectivity index (χ2n) is 8.09. The highest BCUT2D eigenvalue weighted by Crippen LogP contribution is 2.29. The molecule has 172 valence electrons. The van der Waals surface area contributed by atoms with Crippen molar-refractivity contribution in [3.05, 3.63) is 71.8 Å². The van der Waals surface area contributed by atoms with Gasteiger partial charge in [0.25, 0.3) is 0 Å². The molecule has 0 unspecified atom stereocenters. The molecule has 7 heteroatoms. The Hall–Kier alpha value is -1.77. The molecular formula is C25H31NO4S2. The van der Waals surface area contributed by atoms with Crippen molar-refractivity contribution in [1.29, 1.82) is 0 Å². The van der Waals surface area contributed by atoms with E-state index in [0.717, 1.165) is 17.7 Å². The normalized spacial score (nSPS) is 19.0. The molecule has 1 N–H and O–H groups in total. The van der Waals surface area contributed by atoms with Crippen molar-refractivity contribution in [2.24, 2.45) is 5.92 Å². The van der Waals surface area contributed by atoms with E-state index >= 15 is 0 Å². The van der Waals surface area contributed by atoms with E-state index in [9.17, 15) is 9.90 Å². The predicted octanol–water partition coefficient (Wildman–Crippen LogP) is 4.08. The average Bonchev–Trinajstić information content (AvgIpc) is 3.17. The Kier molecular flexibility index (Phi) is 9.69. The molecule has 1 heterocycles. The Bertz CT molecular complexity index is 865. The highest BCUT2D eigenvalue weighted by atomic mass is 32.2. The maximum absolute atomic E-state index is 13.3. The van der Waals surface area contributed by atoms with Crippen molar-refractivity contribution < 1.29 is 19.4 Å². The molecule has 0 bridgehead atoms. The number of thiocarbonyl (C=S) groups is 1. The Labute approximate surface area is 200 Å². The minimum absolute atomic E-state index is 0.00107. The molecule has 1 aliphatic heterocycles. The van der Waals surface area contributed by atoms with Gasteiger partial charge in [-0.1, -0.05) is 91.6 Å². The van der Waals surface area contributed by atoms with E-state index in [-0.39, 0.29) is 18.1 Å². The van der Waals surface area contributed by atoms with Crippen molar-refractivity contribution in [3.63, 3.8) is 0 Å². The molecule has 1 saturated heterocycles. The van der Waals surface area contributed by atoms with Gasteiger partial charge in [0, 0.05) is 19.3 Å². The second-order valence-corrected chi connectivity index (χ2v) is 9.75. The molecule has 0 aromatic heterocycles. The average molecular weight is 474 g/mol. The first-order valence-corrected chi connectivity index (χ1v) is 12.2. The van der Waals surface area contributed by atoms with Crippen LogP contribution in [0, 0.1) is 5.92 Å². The molecule has 0 spiro atoms. The maximum Gasteiger partial charge on any atom is 0.233 e. The topological polar surface area (TPSA) is 59.0 Å². The molecule has 1 amide bonds. The fourth-order valence-electron chi connectivity index (χ4n) is 3.78. The van der Waals surface area contributed by atoms with Gasteiger partial charge in [0.15, 0.2) is 0 Å². The van der Waals surface area contributed by atoms with Gasteiger partial charge in [0.1, 0.15) is 4.32 Å². The van der Waals surface area contributed by atoms with Crippen LogP contribution in [-0.4, -0.2) is 58.0 Å². The van der Waals surface area contributed by atoms with E-state index in [0.29, 0.717) is 24.0 Å². The Morgan fingerprint density at radius 3 is 2.41 bits per heavy atom. The van der Waals surface area contributed by atoms with Gasteiger partial charge >= 0.3 is 0 Å². The lowest BCUT2D eigenvalue weighted by Crippen LogP contribution is -2.46. The Morgan fingerprint density at radius 2 is 1.78 bits per heavy atom. The first-order valence-electron chi connectivity index (χ1n) is 10.9. The minimum atomic E-state index is -0.857. The minimum Gasteiger partial charge on any atom is -0.392 e. The van der Waals surface area contributed by atoms with Crippen molar-refractivity contribution in [2.75, 3.05) is 19.5 Å². The van der Waals surface area contributed by atoms with E-state index in [1.165, 1.54) is 17.3 Å². The lowest BCUT2D eigenvalue weighted by molar-refractivity contribution is -0.136. The predicted molar refractivity (Wildman–Crippen MR) is 133 cm³/mol. The van der Waals surface area contributed by atoms with Crippen LogP contribution in [0.3, 0.4) is 0 Å². The summed E-state index contributed by atoms with van der Waals surface area (Å²) in [5.74, 6) is 0.0478. The summed E-state index contributed by atoms with van der Waals surface area (Å²) < 4.78 is 11.8. The molecule has 32 heavy (non-hydrogen) atoms. The van der Waals surface area contributed by atoms with Crippen LogP contribution in [0.4, 0.5) is 0 Å². The number of thioether (sulfide) groups is 1. The van der Waals surface area contributed by atoms with Crippen LogP contribution in [0.2, 0.25) is 0 Å². The smallest absolute Gasteiger partial charge is 0.233 e. The molecule has 3 rings (SSSR count). The summed E-state index contributed by atoms with van der Waals surface area (Å²) in [5.41, 5.74) is 2.22. The summed E-state index contributed by atoms with van der Waals surface area (Å²) in [6, 6.07) is 20.0. The van der Waals surface area contributed by atoms with E-state index in [1.807, 2.05) is 48.5 Å². The van der Waals surface area contributed by atoms with Crippen LogP contribution in [0.5, 0.6) is 0 Å². The van der Waals surface area contributed by atoms with Gasteiger partial charge in [-0.3, -0.25) is 9.69 Å². The standard InChI is InChI=1S/C25H31NO4S2/c1-18(23(27)14-22(16-29-2)30-15-20-11-7-4-8-12-20)24(28)26-21(17-32-25(26)31)13-19-9-5-3-6-10-19/h3-12,18,21-23,27H,13-17H2,1-2H3/t18-,21-,22+,23+/m0/s1. The van der Waals surface area contributed by atoms with Gasteiger partial charge in [-0.2, -0.15) is 0 Å². The monoisotopic (exact) mass is 473 g/mol. The SMILES string of the molecule is COC[C@@H](C[C@@H](O)[C@H](C)C(=O)N1C(=S)SC[C@@H]1Cc1ccccc1)OCc1ccccc1. The first kappa shape index (κ1) is 24.9. The summed E-state index contributed by atoms with van der Waals surface area (Å²) in [6.07, 6.45) is -0.116. The largest absolute Gasteiger partial charge is 0.392 e. The van der Waals surface area contributed by atoms with Crippen molar-refractivity contribution in [3.8, 4) is 0 Å². The molecular weight excluding hydrogens is 442 g/mol. The molecule has 5 nitrogen and oxygen atoms in total. The molecule has 2 aromatic rings. The molecule has 0 aliphatic carbocycles. The highest BCUT2D eigenvalue weighted by molar-refractivity contribution is 8.23. The highest BCUT2D eigenvalue weighted by Gasteiger charge is 2.38. The third-order valence-electron chi connectivity index (χ3n) is 5.66. The summed E-state index contributed by atoms with van der Waals surface area (Å²) in [7, 11) is 1.61. The van der Waals surface area contributed by atoms with Gasteiger partial charge in [-0.05, 0) is 17.5 Å².